The van der Waals surface area contributed by atoms with Gasteiger partial charge in [-0.3, -0.25) is 0 Å². The molecule has 2 aliphatic heterocycles. The summed E-state index contributed by atoms with van der Waals surface area (Å²) < 4.78 is 21.8. The van der Waals surface area contributed by atoms with E-state index in [1.807, 2.05) is 13.8 Å². The fourth-order valence-electron chi connectivity index (χ4n) is 1.83. The van der Waals surface area contributed by atoms with Crippen LogP contribution in [0.5, 0.6) is 0 Å². The number of fused-ring (bicyclic) bond motifs is 1. The molecule has 4 atom stereocenters. The van der Waals surface area contributed by atoms with Gasteiger partial charge in [0.2, 0.25) is 0 Å². The first kappa shape index (κ1) is 12.9. The molecule has 2 rings (SSSR count). The molecule has 0 spiro atoms. The van der Waals surface area contributed by atoms with Crippen molar-refractivity contribution in [3.05, 3.63) is 6.92 Å². The molecule has 2 aliphatic rings. The van der Waals surface area contributed by atoms with Gasteiger partial charge in [-0.2, -0.15) is 0 Å². The van der Waals surface area contributed by atoms with Gasteiger partial charge in [0, 0.05) is 7.11 Å². The molecule has 0 N–H and O–H groups in total. The number of hydrogen-bond acceptors (Lipinski definition) is 4. The number of hydrogen-bond donors (Lipinski definition) is 0. The largest absolute Gasteiger partial charge is 1.00 e. The molecule has 0 aromatic rings. The van der Waals surface area contributed by atoms with E-state index in [1.54, 1.807) is 7.11 Å². The molecule has 4 unspecified atom stereocenters. The maximum Gasteiger partial charge on any atom is 1.00 e. The Bertz CT molecular complexity index is 209. The van der Waals surface area contributed by atoms with Crippen LogP contribution in [0, 0.1) is 6.92 Å². The second kappa shape index (κ2) is 4.37. The summed E-state index contributed by atoms with van der Waals surface area (Å²) in [6.45, 7) is 7.60. The standard InChI is InChI=1S/C9H15O4.Na/c1-5-6-7(8(10-4)11-5)13-9(2,3)12-6;/h5-8H,1H2,2-4H3;/q-1;+1. The maximum atomic E-state index is 5.63. The van der Waals surface area contributed by atoms with Gasteiger partial charge in [0.25, 0.3) is 0 Å². The molecule has 0 aromatic heterocycles. The average Bonchev–Trinajstić information content (AvgIpc) is 2.47. The predicted octanol–water partition coefficient (Wildman–Crippen LogP) is -2.28. The Morgan fingerprint density at radius 3 is 2.36 bits per heavy atom. The van der Waals surface area contributed by atoms with Crippen molar-refractivity contribution >= 4 is 0 Å². The summed E-state index contributed by atoms with van der Waals surface area (Å²) in [6, 6.07) is 0. The van der Waals surface area contributed by atoms with Crippen LogP contribution in [0.4, 0.5) is 0 Å². The van der Waals surface area contributed by atoms with Gasteiger partial charge in [0.05, 0.1) is 6.10 Å². The second-order valence-electron chi connectivity index (χ2n) is 3.84. The topological polar surface area (TPSA) is 36.9 Å². The van der Waals surface area contributed by atoms with Crippen LogP contribution in [-0.4, -0.2) is 37.5 Å². The minimum absolute atomic E-state index is 0. The van der Waals surface area contributed by atoms with E-state index >= 15 is 0 Å². The van der Waals surface area contributed by atoms with Crippen molar-refractivity contribution in [1.82, 2.24) is 0 Å². The monoisotopic (exact) mass is 210 g/mol. The third-order valence-corrected chi connectivity index (χ3v) is 2.34. The third-order valence-electron chi connectivity index (χ3n) is 2.34. The van der Waals surface area contributed by atoms with Gasteiger partial charge in [-0.25, -0.2) is 0 Å². The Hall–Kier alpha value is 0.840. The van der Waals surface area contributed by atoms with E-state index in [1.165, 1.54) is 0 Å². The van der Waals surface area contributed by atoms with Crippen LogP contribution < -0.4 is 29.6 Å². The van der Waals surface area contributed by atoms with Crippen LogP contribution in [0.25, 0.3) is 0 Å². The van der Waals surface area contributed by atoms with Crippen LogP contribution in [0.3, 0.4) is 0 Å². The summed E-state index contributed by atoms with van der Waals surface area (Å²) in [5.74, 6) is -0.550. The van der Waals surface area contributed by atoms with E-state index in [9.17, 15) is 0 Å². The third kappa shape index (κ3) is 2.16. The smallest absolute Gasteiger partial charge is 0.377 e. The average molecular weight is 210 g/mol. The molecule has 76 valence electrons. The zero-order valence-electron chi connectivity index (χ0n) is 9.15. The van der Waals surface area contributed by atoms with Gasteiger partial charge in [0.15, 0.2) is 12.1 Å². The van der Waals surface area contributed by atoms with Crippen molar-refractivity contribution in [2.45, 2.75) is 44.2 Å². The van der Waals surface area contributed by atoms with E-state index in [-0.39, 0.29) is 54.2 Å². The summed E-state index contributed by atoms with van der Waals surface area (Å²) in [5, 5.41) is 0. The minimum atomic E-state index is -0.550. The van der Waals surface area contributed by atoms with E-state index in [2.05, 4.69) is 6.92 Å². The van der Waals surface area contributed by atoms with Crippen molar-refractivity contribution in [2.75, 3.05) is 7.11 Å². The molecule has 0 aromatic carbocycles. The van der Waals surface area contributed by atoms with Gasteiger partial charge >= 0.3 is 29.6 Å². The van der Waals surface area contributed by atoms with Crippen molar-refractivity contribution < 1.29 is 48.5 Å². The zero-order chi connectivity index (χ0) is 9.64. The Morgan fingerprint density at radius 2 is 1.79 bits per heavy atom. The van der Waals surface area contributed by atoms with E-state index in [4.69, 9.17) is 18.9 Å². The second-order valence-corrected chi connectivity index (χ2v) is 3.84. The number of rotatable bonds is 1. The predicted molar refractivity (Wildman–Crippen MR) is 44.9 cm³/mol. The molecule has 0 amide bonds. The first-order chi connectivity index (χ1) is 6.03. The molecule has 2 fully saturated rings. The van der Waals surface area contributed by atoms with E-state index in [0.29, 0.717) is 0 Å². The summed E-state index contributed by atoms with van der Waals surface area (Å²) in [7, 11) is 1.59. The van der Waals surface area contributed by atoms with Gasteiger partial charge in [0.1, 0.15) is 6.10 Å². The quantitative estimate of drug-likeness (QED) is 0.361. The molecule has 0 saturated carbocycles. The summed E-state index contributed by atoms with van der Waals surface area (Å²) in [6.07, 6.45) is -0.826. The first-order valence-electron chi connectivity index (χ1n) is 4.40. The minimum Gasteiger partial charge on any atom is -0.377 e. The van der Waals surface area contributed by atoms with Crippen LogP contribution in [0.2, 0.25) is 0 Å². The Labute approximate surface area is 107 Å². The molecule has 0 aliphatic carbocycles. The molecular formula is C9H15NaO4. The molecule has 4 nitrogen and oxygen atoms in total. The summed E-state index contributed by atoms with van der Waals surface area (Å²) >= 11 is 0. The van der Waals surface area contributed by atoms with Gasteiger partial charge < -0.3 is 25.9 Å². The molecule has 5 heteroatoms. The van der Waals surface area contributed by atoms with Crippen LogP contribution in [0.1, 0.15) is 13.8 Å². The Morgan fingerprint density at radius 1 is 1.21 bits per heavy atom. The first-order valence-corrected chi connectivity index (χ1v) is 4.40. The molecular weight excluding hydrogens is 195 g/mol. The Kier molecular flexibility index (Phi) is 4.03. The molecule has 0 radical (unpaired) electrons. The molecule has 14 heavy (non-hydrogen) atoms. The van der Waals surface area contributed by atoms with Crippen LogP contribution in [0.15, 0.2) is 0 Å². The normalized spacial score (nSPS) is 44.6. The fraction of sp³-hybridized carbons (Fsp3) is 0.889. The summed E-state index contributed by atoms with van der Waals surface area (Å²) in [4.78, 5) is 0. The SMILES string of the molecule is [CH2-]C1OC(OC)C2OC(C)(C)OC12.[Na+]. The van der Waals surface area contributed by atoms with Crippen LogP contribution >= 0.6 is 0 Å². The summed E-state index contributed by atoms with van der Waals surface area (Å²) in [5.41, 5.74) is 0. The number of ether oxygens (including phenoxy) is 4. The molecule has 2 heterocycles. The van der Waals surface area contributed by atoms with Crippen molar-refractivity contribution in [3.63, 3.8) is 0 Å². The Balaban J connectivity index is 0.000000980. The van der Waals surface area contributed by atoms with Gasteiger partial charge in [-0.15, -0.1) is 0 Å². The van der Waals surface area contributed by atoms with Crippen LogP contribution in [-0.2, 0) is 18.9 Å². The molecule has 0 bridgehead atoms. The van der Waals surface area contributed by atoms with Gasteiger partial charge in [-0.1, -0.05) is 0 Å². The van der Waals surface area contributed by atoms with Crippen molar-refractivity contribution in [3.8, 4) is 0 Å². The molecule has 2 saturated heterocycles. The van der Waals surface area contributed by atoms with Crippen molar-refractivity contribution in [1.29, 1.82) is 0 Å². The zero-order valence-corrected chi connectivity index (χ0v) is 11.1. The van der Waals surface area contributed by atoms with Gasteiger partial charge in [-0.05, 0) is 20.0 Å². The van der Waals surface area contributed by atoms with E-state index in [0.717, 1.165) is 0 Å². The number of methoxy groups -OCH3 is 1. The maximum absolute atomic E-state index is 5.63. The van der Waals surface area contributed by atoms with Crippen molar-refractivity contribution in [2.24, 2.45) is 0 Å². The fourth-order valence-corrected chi connectivity index (χ4v) is 1.83. The van der Waals surface area contributed by atoms with E-state index < -0.39 is 5.79 Å².